The molecule has 8 heavy (non-hydrogen) atoms. The van der Waals surface area contributed by atoms with Gasteiger partial charge in [0.15, 0.2) is 0 Å². The lowest BCUT2D eigenvalue weighted by molar-refractivity contribution is 0.0521. The van der Waals surface area contributed by atoms with Crippen LogP contribution in [0.25, 0.3) is 0 Å². The van der Waals surface area contributed by atoms with Crippen molar-refractivity contribution in [3.05, 3.63) is 0 Å². The van der Waals surface area contributed by atoms with E-state index in [0.29, 0.717) is 5.92 Å². The summed E-state index contributed by atoms with van der Waals surface area (Å²) in [6.45, 7) is 6.27. The first kappa shape index (κ1) is 7.92. The molecule has 0 saturated heterocycles. The molecule has 0 radical (unpaired) electrons. The zero-order valence-corrected chi connectivity index (χ0v) is 5.85. The molecule has 2 heteroatoms. The summed E-state index contributed by atoms with van der Waals surface area (Å²) in [5.41, 5.74) is 0. The van der Waals surface area contributed by atoms with Crippen molar-refractivity contribution in [2.75, 3.05) is 0 Å². The van der Waals surface area contributed by atoms with Gasteiger partial charge < -0.3 is 4.84 Å². The van der Waals surface area contributed by atoms with E-state index < -0.39 is 0 Å². The lowest BCUT2D eigenvalue weighted by Crippen LogP contribution is -2.15. The lowest BCUT2D eigenvalue weighted by Gasteiger charge is -2.09. The quantitative estimate of drug-likeness (QED) is 0.566. The molecule has 0 heterocycles. The second-order valence-electron chi connectivity index (χ2n) is 2.58. The van der Waals surface area contributed by atoms with Crippen LogP contribution in [0.2, 0.25) is 0 Å². The Morgan fingerprint density at radius 3 is 2.00 bits per heavy atom. The third kappa shape index (κ3) is 4.09. The second kappa shape index (κ2) is 3.87. The van der Waals surface area contributed by atoms with E-state index >= 15 is 0 Å². The Labute approximate surface area is 51.0 Å². The van der Waals surface area contributed by atoms with E-state index in [2.05, 4.69) is 18.7 Å². The highest BCUT2D eigenvalue weighted by molar-refractivity contribution is 4.51. The van der Waals surface area contributed by atoms with E-state index in [4.69, 9.17) is 5.90 Å². The van der Waals surface area contributed by atoms with Gasteiger partial charge in [-0.1, -0.05) is 13.8 Å². The number of nitrogens with two attached hydrogens (primary N) is 1. The number of rotatable bonds is 3. The zero-order valence-electron chi connectivity index (χ0n) is 5.85. The predicted molar refractivity (Wildman–Crippen MR) is 34.2 cm³/mol. The average molecular weight is 117 g/mol. The van der Waals surface area contributed by atoms with Crippen LogP contribution in [0.4, 0.5) is 0 Å². The van der Waals surface area contributed by atoms with E-state index in [9.17, 15) is 0 Å². The van der Waals surface area contributed by atoms with E-state index in [1.165, 1.54) is 0 Å². The molecule has 0 amide bonds. The average Bonchev–Trinajstić information content (AvgIpc) is 1.65. The maximum atomic E-state index is 4.92. The summed E-state index contributed by atoms with van der Waals surface area (Å²) in [5, 5.41) is 0. The Morgan fingerprint density at radius 1 is 1.38 bits per heavy atom. The minimum Gasteiger partial charge on any atom is -0.302 e. The van der Waals surface area contributed by atoms with Crippen molar-refractivity contribution in [1.29, 1.82) is 0 Å². The molecule has 1 unspecified atom stereocenters. The van der Waals surface area contributed by atoms with Crippen LogP contribution in [0, 0.1) is 5.92 Å². The third-order valence-electron chi connectivity index (χ3n) is 1.04. The summed E-state index contributed by atoms with van der Waals surface area (Å²) in [5.74, 6) is 5.59. The topological polar surface area (TPSA) is 35.2 Å². The van der Waals surface area contributed by atoms with Gasteiger partial charge in [-0.25, -0.2) is 5.90 Å². The molecule has 0 aromatic heterocycles. The molecule has 0 saturated carbocycles. The van der Waals surface area contributed by atoms with Gasteiger partial charge in [-0.15, -0.1) is 0 Å². The van der Waals surface area contributed by atoms with Crippen molar-refractivity contribution >= 4 is 0 Å². The maximum Gasteiger partial charge on any atom is 0.0761 e. The number of hydrogen-bond acceptors (Lipinski definition) is 2. The Morgan fingerprint density at radius 2 is 1.88 bits per heavy atom. The molecule has 0 spiro atoms. The summed E-state index contributed by atoms with van der Waals surface area (Å²) in [7, 11) is 0. The molecule has 2 nitrogen and oxygen atoms in total. The standard InChI is InChI=1S/C6H15NO/c1-5(2)4-6(3)8-7/h5-6H,4,7H2,1-3H3. The maximum absolute atomic E-state index is 4.92. The Balaban J connectivity index is 3.10. The van der Waals surface area contributed by atoms with Gasteiger partial charge in [-0.05, 0) is 19.3 Å². The fourth-order valence-corrected chi connectivity index (χ4v) is 0.719. The van der Waals surface area contributed by atoms with Crippen LogP contribution >= 0.6 is 0 Å². The number of hydrogen-bond donors (Lipinski definition) is 1. The summed E-state index contributed by atoms with van der Waals surface area (Å²) in [4.78, 5) is 4.56. The molecular weight excluding hydrogens is 102 g/mol. The van der Waals surface area contributed by atoms with E-state index in [1.54, 1.807) is 0 Å². The molecule has 0 aliphatic heterocycles. The summed E-state index contributed by atoms with van der Waals surface area (Å²) < 4.78 is 0. The molecular formula is C6H15NO. The fraction of sp³-hybridized carbons (Fsp3) is 1.00. The highest BCUT2D eigenvalue weighted by Gasteiger charge is 2.01. The van der Waals surface area contributed by atoms with Crippen LogP contribution in [-0.2, 0) is 4.84 Å². The smallest absolute Gasteiger partial charge is 0.0761 e. The first-order valence-corrected chi connectivity index (χ1v) is 3.02. The molecule has 2 N–H and O–H groups in total. The first-order chi connectivity index (χ1) is 3.66. The third-order valence-corrected chi connectivity index (χ3v) is 1.04. The van der Waals surface area contributed by atoms with Crippen molar-refractivity contribution in [3.63, 3.8) is 0 Å². The first-order valence-electron chi connectivity index (χ1n) is 3.02. The largest absolute Gasteiger partial charge is 0.302 e. The van der Waals surface area contributed by atoms with Crippen molar-refractivity contribution in [2.45, 2.75) is 33.3 Å². The fourth-order valence-electron chi connectivity index (χ4n) is 0.719. The molecule has 0 aliphatic carbocycles. The monoisotopic (exact) mass is 117 g/mol. The Hall–Kier alpha value is -0.0800. The minimum absolute atomic E-state index is 0.204. The summed E-state index contributed by atoms with van der Waals surface area (Å²) in [6, 6.07) is 0. The van der Waals surface area contributed by atoms with Gasteiger partial charge in [0.25, 0.3) is 0 Å². The van der Waals surface area contributed by atoms with Crippen LogP contribution in [0.3, 0.4) is 0 Å². The van der Waals surface area contributed by atoms with E-state index in [1.807, 2.05) is 6.92 Å². The van der Waals surface area contributed by atoms with E-state index in [-0.39, 0.29) is 6.10 Å². The molecule has 50 valence electrons. The van der Waals surface area contributed by atoms with Gasteiger partial charge in [0.1, 0.15) is 0 Å². The molecule has 0 bridgehead atoms. The second-order valence-corrected chi connectivity index (χ2v) is 2.58. The molecule has 1 atom stereocenters. The SMILES string of the molecule is CC(C)CC(C)ON. The Kier molecular flexibility index (Phi) is 3.83. The summed E-state index contributed by atoms with van der Waals surface area (Å²) in [6.07, 6.45) is 1.24. The van der Waals surface area contributed by atoms with Crippen LogP contribution in [0.5, 0.6) is 0 Å². The van der Waals surface area contributed by atoms with Gasteiger partial charge in [0.05, 0.1) is 6.10 Å². The molecule has 0 aromatic rings. The van der Waals surface area contributed by atoms with Crippen molar-refractivity contribution in [1.82, 2.24) is 0 Å². The predicted octanol–water partition coefficient (Wildman–Crippen LogP) is 1.31. The van der Waals surface area contributed by atoms with Crippen LogP contribution in [0.15, 0.2) is 0 Å². The lowest BCUT2D eigenvalue weighted by atomic mass is 10.1. The van der Waals surface area contributed by atoms with Gasteiger partial charge in [-0.3, -0.25) is 0 Å². The highest BCUT2D eigenvalue weighted by atomic mass is 16.6. The van der Waals surface area contributed by atoms with Crippen molar-refractivity contribution in [2.24, 2.45) is 11.8 Å². The Bertz CT molecular complexity index is 54.5. The van der Waals surface area contributed by atoms with Crippen LogP contribution in [-0.4, -0.2) is 6.10 Å². The van der Waals surface area contributed by atoms with Crippen LogP contribution in [0.1, 0.15) is 27.2 Å². The van der Waals surface area contributed by atoms with Crippen LogP contribution < -0.4 is 5.90 Å². The minimum atomic E-state index is 0.204. The van der Waals surface area contributed by atoms with Crippen molar-refractivity contribution < 1.29 is 4.84 Å². The van der Waals surface area contributed by atoms with Gasteiger partial charge in [-0.2, -0.15) is 0 Å². The zero-order chi connectivity index (χ0) is 6.57. The molecule has 0 rings (SSSR count). The normalized spacial score (nSPS) is 14.6. The molecule has 0 fully saturated rings. The summed E-state index contributed by atoms with van der Waals surface area (Å²) >= 11 is 0. The molecule has 0 aromatic carbocycles. The van der Waals surface area contributed by atoms with Gasteiger partial charge in [0.2, 0.25) is 0 Å². The van der Waals surface area contributed by atoms with Crippen molar-refractivity contribution in [3.8, 4) is 0 Å². The highest BCUT2D eigenvalue weighted by Crippen LogP contribution is 2.04. The van der Waals surface area contributed by atoms with Gasteiger partial charge in [0, 0.05) is 0 Å². The molecule has 0 aliphatic rings. The van der Waals surface area contributed by atoms with E-state index in [0.717, 1.165) is 6.42 Å². The van der Waals surface area contributed by atoms with Gasteiger partial charge >= 0.3 is 0 Å².